The zero-order valence-electron chi connectivity index (χ0n) is 14.7. The second-order valence-electron chi connectivity index (χ2n) is 5.83. The predicted molar refractivity (Wildman–Crippen MR) is 94.6 cm³/mol. The van der Waals surface area contributed by atoms with E-state index < -0.39 is 0 Å². The number of nitrogens with zero attached hydrogens (tertiary/aromatic N) is 3. The van der Waals surface area contributed by atoms with Gasteiger partial charge in [-0.05, 0) is 19.1 Å². The number of hydrogen-bond donors (Lipinski definition) is 2. The second-order valence-corrected chi connectivity index (χ2v) is 5.83. The Hall–Kier alpha value is -2.94. The minimum atomic E-state index is -0.345. The van der Waals surface area contributed by atoms with Crippen molar-refractivity contribution < 1.29 is 14.3 Å². The lowest BCUT2D eigenvalue weighted by atomic mass is 10.2. The molecular formula is C17H21N5O4. The number of methoxy groups -OCH3 is 1. The molecule has 1 amide bonds. The van der Waals surface area contributed by atoms with E-state index in [1.165, 1.54) is 13.3 Å². The Bertz CT molecular complexity index is 828. The van der Waals surface area contributed by atoms with Crippen LogP contribution < -0.4 is 20.5 Å². The van der Waals surface area contributed by atoms with Crippen molar-refractivity contribution in [3.05, 3.63) is 45.6 Å². The number of morpholine rings is 1. The number of nitrogens with one attached hydrogen (secondary N) is 2. The van der Waals surface area contributed by atoms with Crippen LogP contribution in [0.25, 0.3) is 0 Å². The minimum absolute atomic E-state index is 0.139. The summed E-state index contributed by atoms with van der Waals surface area (Å²) in [6, 6.07) is 3.24. The van der Waals surface area contributed by atoms with Gasteiger partial charge in [-0.3, -0.25) is 14.6 Å². The highest BCUT2D eigenvalue weighted by Crippen LogP contribution is 2.11. The lowest BCUT2D eigenvalue weighted by Gasteiger charge is -2.27. The zero-order valence-corrected chi connectivity index (χ0v) is 14.7. The molecule has 2 aromatic heterocycles. The first kappa shape index (κ1) is 17.9. The van der Waals surface area contributed by atoms with Crippen molar-refractivity contribution in [3.8, 4) is 5.75 Å². The topological polar surface area (TPSA) is 109 Å². The van der Waals surface area contributed by atoms with E-state index in [0.717, 1.165) is 0 Å². The van der Waals surface area contributed by atoms with Crippen molar-refractivity contribution in [2.75, 3.05) is 38.3 Å². The molecule has 0 saturated carbocycles. The van der Waals surface area contributed by atoms with Crippen LogP contribution in [-0.4, -0.2) is 54.3 Å². The minimum Gasteiger partial charge on any atom is -0.495 e. The van der Waals surface area contributed by atoms with Gasteiger partial charge in [0.15, 0.2) is 0 Å². The number of hydrogen-bond acceptors (Lipinski definition) is 7. The van der Waals surface area contributed by atoms with Crippen molar-refractivity contribution in [1.29, 1.82) is 0 Å². The number of aromatic nitrogens is 3. The van der Waals surface area contributed by atoms with Gasteiger partial charge in [0.1, 0.15) is 11.4 Å². The number of carbonyl (C=O) groups is 1. The van der Waals surface area contributed by atoms with Gasteiger partial charge in [-0.1, -0.05) is 0 Å². The Morgan fingerprint density at radius 2 is 2.15 bits per heavy atom. The van der Waals surface area contributed by atoms with E-state index in [2.05, 4.69) is 20.3 Å². The molecule has 0 unspecified atom stereocenters. The average molecular weight is 359 g/mol. The van der Waals surface area contributed by atoms with Crippen LogP contribution in [0, 0.1) is 6.92 Å². The fourth-order valence-corrected chi connectivity index (χ4v) is 2.55. The lowest BCUT2D eigenvalue weighted by Crippen LogP contribution is -2.39. The van der Waals surface area contributed by atoms with E-state index in [4.69, 9.17) is 9.47 Å². The van der Waals surface area contributed by atoms with E-state index >= 15 is 0 Å². The molecule has 0 spiro atoms. The quantitative estimate of drug-likeness (QED) is 0.787. The summed E-state index contributed by atoms with van der Waals surface area (Å²) in [5.41, 5.74) is 1.05. The van der Waals surface area contributed by atoms with E-state index in [9.17, 15) is 9.59 Å². The molecule has 26 heavy (non-hydrogen) atoms. The summed E-state index contributed by atoms with van der Waals surface area (Å²) in [5.74, 6) is 0.724. The van der Waals surface area contributed by atoms with Gasteiger partial charge in [0.25, 0.3) is 11.5 Å². The molecule has 1 aliphatic rings. The number of aromatic amines is 1. The number of pyridine rings is 1. The molecule has 0 atom stereocenters. The van der Waals surface area contributed by atoms with Gasteiger partial charge in [0, 0.05) is 18.7 Å². The fraction of sp³-hybridized carbons (Fsp3) is 0.412. The van der Waals surface area contributed by atoms with Gasteiger partial charge in [-0.25, -0.2) is 9.97 Å². The molecule has 3 heterocycles. The summed E-state index contributed by atoms with van der Waals surface area (Å²) < 4.78 is 10.3. The molecular weight excluding hydrogens is 338 g/mol. The standard InChI is InChI=1S/C17H21N5O4/c1-11-14(10-19-16(24)13-4-3-12(25-2)9-18-13)20-17(21-15(11)23)22-5-7-26-8-6-22/h3-4,9H,5-8,10H2,1-2H3,(H,19,24)(H,20,21,23). The van der Waals surface area contributed by atoms with Crippen molar-refractivity contribution in [1.82, 2.24) is 20.3 Å². The lowest BCUT2D eigenvalue weighted by molar-refractivity contribution is 0.0945. The van der Waals surface area contributed by atoms with Crippen LogP contribution in [0.15, 0.2) is 23.1 Å². The van der Waals surface area contributed by atoms with E-state index in [1.807, 2.05) is 4.90 Å². The van der Waals surface area contributed by atoms with E-state index in [-0.39, 0.29) is 23.7 Å². The van der Waals surface area contributed by atoms with Crippen LogP contribution in [-0.2, 0) is 11.3 Å². The van der Waals surface area contributed by atoms with Crippen LogP contribution in [0.2, 0.25) is 0 Å². The van der Waals surface area contributed by atoms with E-state index in [0.29, 0.717) is 49.3 Å². The largest absolute Gasteiger partial charge is 0.495 e. The molecule has 1 saturated heterocycles. The van der Waals surface area contributed by atoms with Crippen LogP contribution >= 0.6 is 0 Å². The molecule has 0 radical (unpaired) electrons. The Kier molecular flexibility index (Phi) is 5.47. The van der Waals surface area contributed by atoms with Crippen LogP contribution in [0.5, 0.6) is 5.75 Å². The number of amides is 1. The number of H-pyrrole nitrogens is 1. The van der Waals surface area contributed by atoms with Crippen molar-refractivity contribution in [3.63, 3.8) is 0 Å². The van der Waals surface area contributed by atoms with Crippen molar-refractivity contribution in [2.45, 2.75) is 13.5 Å². The molecule has 9 heteroatoms. The van der Waals surface area contributed by atoms with Gasteiger partial charge >= 0.3 is 0 Å². The molecule has 2 aromatic rings. The number of carbonyl (C=O) groups excluding carboxylic acids is 1. The Balaban J connectivity index is 1.72. The van der Waals surface area contributed by atoms with Crippen LogP contribution in [0.4, 0.5) is 5.95 Å². The SMILES string of the molecule is COc1ccc(C(=O)NCc2nc(N3CCOCC3)[nH]c(=O)c2C)nc1. The highest BCUT2D eigenvalue weighted by atomic mass is 16.5. The highest BCUT2D eigenvalue weighted by molar-refractivity contribution is 5.92. The zero-order chi connectivity index (χ0) is 18.5. The third-order valence-electron chi connectivity index (χ3n) is 4.17. The number of ether oxygens (including phenoxy) is 2. The molecule has 1 aliphatic heterocycles. The maximum atomic E-state index is 12.2. The average Bonchev–Trinajstić information content (AvgIpc) is 2.69. The summed E-state index contributed by atoms with van der Waals surface area (Å²) in [5, 5.41) is 2.75. The molecule has 3 rings (SSSR count). The Labute approximate surface area is 150 Å². The monoisotopic (exact) mass is 359 g/mol. The summed E-state index contributed by atoms with van der Waals surface area (Å²) in [7, 11) is 1.53. The summed E-state index contributed by atoms with van der Waals surface area (Å²) in [4.78, 5) is 37.7. The van der Waals surface area contributed by atoms with Crippen LogP contribution in [0.1, 0.15) is 21.7 Å². The van der Waals surface area contributed by atoms with Gasteiger partial charge in [0.2, 0.25) is 5.95 Å². The molecule has 0 aromatic carbocycles. The first-order valence-electron chi connectivity index (χ1n) is 8.29. The molecule has 0 bridgehead atoms. The second kappa shape index (κ2) is 7.96. The Morgan fingerprint density at radius 3 is 2.81 bits per heavy atom. The number of anilines is 1. The predicted octanol–water partition coefficient (Wildman–Crippen LogP) is 0.249. The van der Waals surface area contributed by atoms with Crippen LogP contribution in [0.3, 0.4) is 0 Å². The number of rotatable bonds is 5. The molecule has 2 N–H and O–H groups in total. The normalized spacial score (nSPS) is 14.2. The summed E-state index contributed by atoms with van der Waals surface area (Å²) in [6.07, 6.45) is 1.47. The fourth-order valence-electron chi connectivity index (χ4n) is 2.55. The van der Waals surface area contributed by atoms with Crippen molar-refractivity contribution >= 4 is 11.9 Å². The van der Waals surface area contributed by atoms with Gasteiger partial charge in [-0.2, -0.15) is 0 Å². The smallest absolute Gasteiger partial charge is 0.270 e. The third kappa shape index (κ3) is 3.99. The molecule has 0 aliphatic carbocycles. The van der Waals surface area contributed by atoms with E-state index in [1.54, 1.807) is 19.1 Å². The highest BCUT2D eigenvalue weighted by Gasteiger charge is 2.17. The van der Waals surface area contributed by atoms with Gasteiger partial charge < -0.3 is 19.7 Å². The van der Waals surface area contributed by atoms with Gasteiger partial charge in [-0.15, -0.1) is 0 Å². The first-order chi connectivity index (χ1) is 12.6. The molecule has 9 nitrogen and oxygen atoms in total. The maximum Gasteiger partial charge on any atom is 0.270 e. The molecule has 1 fully saturated rings. The first-order valence-corrected chi connectivity index (χ1v) is 8.29. The van der Waals surface area contributed by atoms with Crippen molar-refractivity contribution in [2.24, 2.45) is 0 Å². The summed E-state index contributed by atoms with van der Waals surface area (Å²) >= 11 is 0. The summed E-state index contributed by atoms with van der Waals surface area (Å²) in [6.45, 7) is 4.32. The third-order valence-corrected chi connectivity index (χ3v) is 4.17. The Morgan fingerprint density at radius 1 is 1.38 bits per heavy atom. The van der Waals surface area contributed by atoms with Gasteiger partial charge in [0.05, 0.1) is 38.8 Å². The molecule has 138 valence electrons. The maximum absolute atomic E-state index is 12.2.